The van der Waals surface area contributed by atoms with E-state index in [1.165, 1.54) is 47.0 Å². The molecule has 0 aliphatic carbocycles. The Morgan fingerprint density at radius 2 is 1.92 bits per heavy atom. The molecule has 1 heterocycles. The molecule has 0 bridgehead atoms. The quantitative estimate of drug-likeness (QED) is 0.744. The lowest BCUT2D eigenvalue weighted by Crippen LogP contribution is -2.35. The van der Waals surface area contributed by atoms with Crippen molar-refractivity contribution in [2.75, 3.05) is 17.6 Å². The molecule has 8 heteroatoms. The average Bonchev–Trinajstić information content (AvgIpc) is 3.04. The highest BCUT2D eigenvalue weighted by atomic mass is 32.2. The summed E-state index contributed by atoms with van der Waals surface area (Å²) in [4.78, 5) is 13.9. The lowest BCUT2D eigenvalue weighted by molar-refractivity contribution is -0.136. The molecule has 1 aliphatic heterocycles. The predicted molar refractivity (Wildman–Crippen MR) is 88.8 cm³/mol. The monoisotopic (exact) mass is 370 g/mol. The van der Waals surface area contributed by atoms with Gasteiger partial charge >= 0.3 is 12.2 Å². The fraction of sp³-hybridized carbons (Fsp3) is 0.235. The van der Waals surface area contributed by atoms with Gasteiger partial charge in [0.2, 0.25) is 0 Å². The van der Waals surface area contributed by atoms with Crippen molar-refractivity contribution in [2.45, 2.75) is 11.6 Å². The highest BCUT2D eigenvalue weighted by Gasteiger charge is 2.35. The number of rotatable bonds is 2. The lowest BCUT2D eigenvalue weighted by atomic mass is 10.1. The van der Waals surface area contributed by atoms with Crippen LogP contribution in [-0.2, 0) is 6.18 Å². The van der Waals surface area contributed by atoms with E-state index in [1.54, 1.807) is 12.1 Å². The first-order valence-corrected chi connectivity index (χ1v) is 8.52. The van der Waals surface area contributed by atoms with Crippen LogP contribution >= 0.6 is 11.8 Å². The minimum Gasteiger partial charge on any atom is -0.308 e. The zero-order valence-corrected chi connectivity index (χ0v) is 13.7. The number of carbonyl (C=O) groups excluding carboxylic acids is 1. The Balaban J connectivity index is 1.82. The van der Waals surface area contributed by atoms with Crippen molar-refractivity contribution in [1.29, 1.82) is 0 Å². The van der Waals surface area contributed by atoms with Gasteiger partial charge in [0.05, 0.1) is 11.3 Å². The largest absolute Gasteiger partial charge is 0.418 e. The van der Waals surface area contributed by atoms with Gasteiger partial charge in [-0.25, -0.2) is 9.18 Å². The third-order valence-corrected chi connectivity index (χ3v) is 5.02. The summed E-state index contributed by atoms with van der Waals surface area (Å²) in [6.45, 7) is 0.367. The van der Waals surface area contributed by atoms with Crippen LogP contribution in [-0.4, -0.2) is 23.2 Å². The van der Waals surface area contributed by atoms with Gasteiger partial charge in [-0.05, 0) is 29.8 Å². The first-order chi connectivity index (χ1) is 11.9. The Kier molecular flexibility index (Phi) is 4.89. The molecule has 3 rings (SSSR count). The van der Waals surface area contributed by atoms with Crippen LogP contribution in [0.3, 0.4) is 0 Å². The number of urea groups is 1. The Labute approximate surface area is 146 Å². The van der Waals surface area contributed by atoms with Gasteiger partial charge in [-0.3, -0.25) is 0 Å². The van der Waals surface area contributed by atoms with E-state index in [4.69, 9.17) is 0 Å². The van der Waals surface area contributed by atoms with Crippen LogP contribution in [0.2, 0.25) is 0 Å². The smallest absolute Gasteiger partial charge is 0.308 e. The summed E-state index contributed by atoms with van der Waals surface area (Å²) in [6, 6.07) is 10.0. The highest BCUT2D eigenvalue weighted by Crippen LogP contribution is 2.39. The Morgan fingerprint density at radius 1 is 1.16 bits per heavy atom. The Hall–Kier alpha value is -2.22. The number of thioether (sulfide) groups is 1. The predicted octanol–water partition coefficient (Wildman–Crippen LogP) is 5.12. The molecule has 0 aromatic heterocycles. The second-order valence-electron chi connectivity index (χ2n) is 5.45. The van der Waals surface area contributed by atoms with Crippen molar-refractivity contribution in [3.8, 4) is 0 Å². The first-order valence-electron chi connectivity index (χ1n) is 7.47. The molecular formula is C17H14F4N2OS. The number of hydrogen-bond acceptors (Lipinski definition) is 2. The maximum absolute atomic E-state index is 13.4. The molecule has 2 amide bonds. The first kappa shape index (κ1) is 17.6. The van der Waals surface area contributed by atoms with Crippen molar-refractivity contribution in [3.05, 3.63) is 65.5 Å². The van der Waals surface area contributed by atoms with Crippen LogP contribution in [0.25, 0.3) is 0 Å². The van der Waals surface area contributed by atoms with E-state index in [2.05, 4.69) is 5.32 Å². The van der Waals surface area contributed by atoms with Crippen molar-refractivity contribution in [2.24, 2.45) is 0 Å². The lowest BCUT2D eigenvalue weighted by Gasteiger charge is -2.25. The summed E-state index contributed by atoms with van der Waals surface area (Å²) in [7, 11) is 0. The third kappa shape index (κ3) is 3.89. The number of benzene rings is 2. The van der Waals surface area contributed by atoms with Crippen LogP contribution in [0.5, 0.6) is 0 Å². The van der Waals surface area contributed by atoms with Gasteiger partial charge in [0.1, 0.15) is 11.2 Å². The summed E-state index contributed by atoms with van der Waals surface area (Å²) in [5.41, 5.74) is -0.603. The molecule has 0 unspecified atom stereocenters. The normalized spacial score (nSPS) is 17.6. The third-order valence-electron chi connectivity index (χ3n) is 3.76. The minimum atomic E-state index is -4.56. The summed E-state index contributed by atoms with van der Waals surface area (Å²) < 4.78 is 52.6. The van der Waals surface area contributed by atoms with Gasteiger partial charge < -0.3 is 10.2 Å². The van der Waals surface area contributed by atoms with Crippen molar-refractivity contribution in [1.82, 2.24) is 4.90 Å². The molecule has 1 atom stereocenters. The van der Waals surface area contributed by atoms with Crippen molar-refractivity contribution >= 4 is 23.5 Å². The van der Waals surface area contributed by atoms with Crippen LogP contribution in [0.15, 0.2) is 48.5 Å². The van der Waals surface area contributed by atoms with Gasteiger partial charge in [0.25, 0.3) is 0 Å². The molecule has 1 aliphatic rings. The summed E-state index contributed by atoms with van der Waals surface area (Å²) in [5, 5.41) is 1.90. The molecule has 2 aromatic rings. The maximum atomic E-state index is 13.4. The van der Waals surface area contributed by atoms with Crippen LogP contribution in [0.1, 0.15) is 16.5 Å². The zero-order valence-electron chi connectivity index (χ0n) is 12.9. The van der Waals surface area contributed by atoms with E-state index in [-0.39, 0.29) is 5.69 Å². The molecule has 0 spiro atoms. The number of anilines is 1. The summed E-state index contributed by atoms with van der Waals surface area (Å²) in [5.74, 6) is 0.197. The number of alkyl halides is 3. The average molecular weight is 370 g/mol. The molecule has 25 heavy (non-hydrogen) atoms. The van der Waals surface area contributed by atoms with Crippen molar-refractivity contribution in [3.63, 3.8) is 0 Å². The second kappa shape index (κ2) is 6.95. The van der Waals surface area contributed by atoms with Gasteiger partial charge in [-0.2, -0.15) is 13.2 Å². The Morgan fingerprint density at radius 3 is 2.64 bits per heavy atom. The standard InChI is InChI=1S/C17H14F4N2OS/c18-12-5-3-4-11(10-12)15-23(8-9-25-15)16(24)22-14-7-2-1-6-13(14)17(19,20)21/h1-7,10,15H,8-9H2,(H,22,24)/t15-/m0/s1. The molecule has 0 saturated carbocycles. The van der Waals surface area contributed by atoms with E-state index in [9.17, 15) is 22.4 Å². The van der Waals surface area contributed by atoms with Crippen LogP contribution < -0.4 is 5.32 Å². The summed E-state index contributed by atoms with van der Waals surface area (Å²) >= 11 is 1.44. The number of hydrogen-bond donors (Lipinski definition) is 1. The van der Waals surface area contributed by atoms with Crippen molar-refractivity contribution < 1.29 is 22.4 Å². The van der Waals surface area contributed by atoms with E-state index < -0.39 is 29.0 Å². The van der Waals surface area contributed by atoms with Gasteiger partial charge in [0, 0.05) is 12.3 Å². The topological polar surface area (TPSA) is 32.3 Å². The van der Waals surface area contributed by atoms with Gasteiger partial charge in [-0.1, -0.05) is 24.3 Å². The zero-order chi connectivity index (χ0) is 18.0. The molecule has 3 nitrogen and oxygen atoms in total. The van der Waals surface area contributed by atoms with E-state index in [1.807, 2.05) is 0 Å². The minimum absolute atomic E-state index is 0.296. The summed E-state index contributed by atoms with van der Waals surface area (Å²) in [6.07, 6.45) is -4.56. The van der Waals surface area contributed by atoms with E-state index in [0.717, 1.165) is 6.07 Å². The van der Waals surface area contributed by atoms with E-state index in [0.29, 0.717) is 17.9 Å². The van der Waals surface area contributed by atoms with Crippen LogP contribution in [0.4, 0.5) is 28.0 Å². The fourth-order valence-electron chi connectivity index (χ4n) is 2.64. The van der Waals surface area contributed by atoms with E-state index >= 15 is 0 Å². The molecule has 1 N–H and O–H groups in total. The molecule has 0 radical (unpaired) electrons. The number of amides is 2. The number of nitrogens with one attached hydrogen (secondary N) is 1. The maximum Gasteiger partial charge on any atom is 0.418 e. The SMILES string of the molecule is O=C(Nc1ccccc1C(F)(F)F)N1CCS[C@H]1c1cccc(F)c1. The molecule has 1 saturated heterocycles. The van der Waals surface area contributed by atoms with Gasteiger partial charge in [0.15, 0.2) is 0 Å². The molecule has 132 valence electrons. The number of nitrogens with zero attached hydrogens (tertiary/aromatic N) is 1. The fourth-order valence-corrected chi connectivity index (χ4v) is 3.89. The van der Waals surface area contributed by atoms with Crippen LogP contribution in [0, 0.1) is 5.82 Å². The highest BCUT2D eigenvalue weighted by molar-refractivity contribution is 7.99. The number of para-hydroxylation sites is 1. The number of carbonyl (C=O) groups is 1. The second-order valence-corrected chi connectivity index (χ2v) is 6.63. The number of halogens is 4. The molecule has 1 fully saturated rings. The Bertz CT molecular complexity index is 781. The van der Waals surface area contributed by atoms with Gasteiger partial charge in [-0.15, -0.1) is 11.8 Å². The molecular weight excluding hydrogens is 356 g/mol. The molecule has 2 aromatic carbocycles.